The van der Waals surface area contributed by atoms with Gasteiger partial charge >= 0.3 is 5.97 Å². The van der Waals surface area contributed by atoms with Crippen molar-refractivity contribution >= 4 is 34.1 Å². The summed E-state index contributed by atoms with van der Waals surface area (Å²) in [4.78, 5) is 36.2. The van der Waals surface area contributed by atoms with Crippen LogP contribution < -0.4 is 10.6 Å². The Kier molecular flexibility index (Phi) is 4.55. The first kappa shape index (κ1) is 16.5. The number of rotatable bonds is 3. The lowest BCUT2D eigenvalue weighted by Gasteiger charge is -2.29. The van der Waals surface area contributed by atoms with Gasteiger partial charge in [-0.1, -0.05) is 20.8 Å². The number of ether oxygens (including phenoxy) is 1. The van der Waals surface area contributed by atoms with Crippen LogP contribution >= 0.6 is 11.3 Å². The number of anilines is 1. The summed E-state index contributed by atoms with van der Waals surface area (Å²) < 4.78 is 4.68. The fourth-order valence-electron chi connectivity index (χ4n) is 2.60. The number of thiophene rings is 1. The van der Waals surface area contributed by atoms with Gasteiger partial charge in [-0.05, 0) is 16.9 Å². The van der Waals surface area contributed by atoms with Crippen molar-refractivity contribution in [3.8, 4) is 0 Å². The van der Waals surface area contributed by atoms with E-state index in [4.69, 9.17) is 0 Å². The summed E-state index contributed by atoms with van der Waals surface area (Å²) in [6, 6.07) is 1.59. The third-order valence-corrected chi connectivity index (χ3v) is 4.71. The van der Waals surface area contributed by atoms with Gasteiger partial charge in [0.25, 0.3) is 0 Å². The molecule has 0 saturated carbocycles. The van der Waals surface area contributed by atoms with Gasteiger partial charge in [0, 0.05) is 12.5 Å². The zero-order valence-corrected chi connectivity index (χ0v) is 13.9. The average molecular weight is 324 g/mol. The number of carbonyl (C=O) groups excluding carboxylic acids is 3. The number of hydrogen-bond acceptors (Lipinski definition) is 5. The third-order valence-electron chi connectivity index (χ3n) is 3.88. The zero-order valence-electron chi connectivity index (χ0n) is 13.1. The van der Waals surface area contributed by atoms with E-state index in [0.717, 1.165) is 0 Å². The van der Waals surface area contributed by atoms with Crippen LogP contribution in [0.2, 0.25) is 0 Å². The Bertz CT molecular complexity index is 603. The fourth-order valence-corrected chi connectivity index (χ4v) is 3.37. The van der Waals surface area contributed by atoms with Crippen molar-refractivity contribution in [2.45, 2.75) is 20.8 Å². The molecule has 1 saturated heterocycles. The predicted molar refractivity (Wildman–Crippen MR) is 83.7 cm³/mol. The molecule has 0 radical (unpaired) electrons. The minimum absolute atomic E-state index is 0.0958. The van der Waals surface area contributed by atoms with Crippen LogP contribution in [0, 0.1) is 17.3 Å². The number of esters is 1. The number of methoxy groups -OCH3 is 1. The smallest absolute Gasteiger partial charge is 0.340 e. The quantitative estimate of drug-likeness (QED) is 0.657. The summed E-state index contributed by atoms with van der Waals surface area (Å²) in [5.41, 5.74) is 0.119. The number of hydrogen-bond donors (Lipinski definition) is 2. The topological polar surface area (TPSA) is 84.5 Å². The van der Waals surface area contributed by atoms with Crippen LogP contribution in [0.15, 0.2) is 11.4 Å². The van der Waals surface area contributed by atoms with Crippen LogP contribution in [0.4, 0.5) is 5.00 Å². The molecule has 2 N–H and O–H groups in total. The Balaban J connectivity index is 2.20. The van der Waals surface area contributed by atoms with Crippen LogP contribution in [-0.4, -0.2) is 31.4 Å². The average Bonchev–Trinajstić information content (AvgIpc) is 3.03. The first-order valence-electron chi connectivity index (χ1n) is 7.00. The molecule has 1 aromatic heterocycles. The SMILES string of the molecule is COC(=O)c1ccsc1NC(=O)[C@H]1C(=O)NC[C@H]1C(C)(C)C. The molecule has 2 rings (SSSR count). The largest absolute Gasteiger partial charge is 0.465 e. The van der Waals surface area contributed by atoms with E-state index in [1.54, 1.807) is 11.4 Å². The molecular formula is C15H20N2O4S. The van der Waals surface area contributed by atoms with Gasteiger partial charge in [-0.25, -0.2) is 4.79 Å². The monoisotopic (exact) mass is 324 g/mol. The second-order valence-electron chi connectivity index (χ2n) is 6.34. The van der Waals surface area contributed by atoms with Crippen LogP contribution in [0.1, 0.15) is 31.1 Å². The van der Waals surface area contributed by atoms with E-state index >= 15 is 0 Å². The number of nitrogens with one attached hydrogen (secondary N) is 2. The lowest BCUT2D eigenvalue weighted by Crippen LogP contribution is -2.37. The maximum absolute atomic E-state index is 12.5. The van der Waals surface area contributed by atoms with Gasteiger partial charge in [-0.3, -0.25) is 9.59 Å². The first-order chi connectivity index (χ1) is 10.3. The molecule has 120 valence electrons. The highest BCUT2D eigenvalue weighted by Gasteiger charge is 2.45. The highest BCUT2D eigenvalue weighted by atomic mass is 32.1. The van der Waals surface area contributed by atoms with Crippen molar-refractivity contribution < 1.29 is 19.1 Å². The molecule has 0 unspecified atom stereocenters. The van der Waals surface area contributed by atoms with Crippen LogP contribution in [0.5, 0.6) is 0 Å². The van der Waals surface area contributed by atoms with Gasteiger partial charge in [-0.2, -0.15) is 0 Å². The van der Waals surface area contributed by atoms with E-state index in [9.17, 15) is 14.4 Å². The molecule has 7 heteroatoms. The predicted octanol–water partition coefficient (Wildman–Crippen LogP) is 1.88. The van der Waals surface area contributed by atoms with Crippen molar-refractivity contribution in [3.63, 3.8) is 0 Å². The minimum Gasteiger partial charge on any atom is -0.465 e. The Morgan fingerprint density at radius 2 is 2.09 bits per heavy atom. The molecule has 22 heavy (non-hydrogen) atoms. The molecular weight excluding hydrogens is 304 g/mol. The van der Waals surface area contributed by atoms with Crippen LogP contribution in [0.3, 0.4) is 0 Å². The molecule has 1 aliphatic rings. The van der Waals surface area contributed by atoms with Gasteiger partial charge in [0.05, 0.1) is 12.7 Å². The summed E-state index contributed by atoms with van der Waals surface area (Å²) in [5.74, 6) is -2.02. The van der Waals surface area contributed by atoms with E-state index in [-0.39, 0.29) is 23.1 Å². The minimum atomic E-state index is -0.757. The van der Waals surface area contributed by atoms with Gasteiger partial charge in [0.15, 0.2) is 0 Å². The molecule has 1 aromatic rings. The lowest BCUT2D eigenvalue weighted by molar-refractivity contribution is -0.132. The first-order valence-corrected chi connectivity index (χ1v) is 7.88. The van der Waals surface area contributed by atoms with Crippen LogP contribution in [0.25, 0.3) is 0 Å². The molecule has 0 aromatic carbocycles. The van der Waals surface area contributed by atoms with E-state index in [1.165, 1.54) is 18.4 Å². The Morgan fingerprint density at radius 1 is 1.41 bits per heavy atom. The molecule has 1 aliphatic heterocycles. The summed E-state index contributed by atoms with van der Waals surface area (Å²) >= 11 is 1.23. The van der Waals surface area contributed by atoms with Crippen molar-refractivity contribution in [2.75, 3.05) is 19.0 Å². The molecule has 2 amide bonds. The fraction of sp³-hybridized carbons (Fsp3) is 0.533. The lowest BCUT2D eigenvalue weighted by atomic mass is 9.74. The zero-order chi connectivity index (χ0) is 16.5. The summed E-state index contributed by atoms with van der Waals surface area (Å²) in [7, 11) is 1.28. The molecule has 2 atom stereocenters. The Morgan fingerprint density at radius 3 is 2.68 bits per heavy atom. The van der Waals surface area contributed by atoms with Crippen molar-refractivity contribution in [3.05, 3.63) is 17.0 Å². The van der Waals surface area contributed by atoms with Gasteiger partial charge in [0.1, 0.15) is 10.9 Å². The molecule has 0 spiro atoms. The Hall–Kier alpha value is -1.89. The van der Waals surface area contributed by atoms with Crippen molar-refractivity contribution in [1.82, 2.24) is 5.32 Å². The summed E-state index contributed by atoms with van der Waals surface area (Å²) in [6.45, 7) is 6.49. The maximum atomic E-state index is 12.5. The summed E-state index contributed by atoms with van der Waals surface area (Å²) in [5, 5.41) is 7.54. The third kappa shape index (κ3) is 3.14. The van der Waals surface area contributed by atoms with Gasteiger partial charge in [-0.15, -0.1) is 11.3 Å². The van der Waals surface area contributed by atoms with E-state index < -0.39 is 11.9 Å². The van der Waals surface area contributed by atoms with Gasteiger partial charge < -0.3 is 15.4 Å². The normalized spacial score (nSPS) is 21.4. The standard InChI is InChI=1S/C15H20N2O4S/c1-15(2,3)9-7-16-11(18)10(9)12(19)17-13-8(5-6-22-13)14(20)21-4/h5-6,9-10H,7H2,1-4H3,(H,16,18)(H,17,19)/t9-,10-/m1/s1. The highest BCUT2D eigenvalue weighted by Crippen LogP contribution is 2.36. The summed E-state index contributed by atoms with van der Waals surface area (Å²) in [6.07, 6.45) is 0. The molecule has 2 heterocycles. The molecule has 1 fully saturated rings. The highest BCUT2D eigenvalue weighted by molar-refractivity contribution is 7.14. The molecule has 6 nitrogen and oxygen atoms in total. The maximum Gasteiger partial charge on any atom is 0.340 e. The second-order valence-corrected chi connectivity index (χ2v) is 7.26. The number of amides is 2. The van der Waals surface area contributed by atoms with Crippen molar-refractivity contribution in [2.24, 2.45) is 17.3 Å². The van der Waals surface area contributed by atoms with Crippen molar-refractivity contribution in [1.29, 1.82) is 0 Å². The van der Waals surface area contributed by atoms with E-state index in [2.05, 4.69) is 15.4 Å². The van der Waals surface area contributed by atoms with E-state index in [0.29, 0.717) is 17.1 Å². The second kappa shape index (κ2) is 6.08. The van der Waals surface area contributed by atoms with Crippen LogP contribution in [-0.2, 0) is 14.3 Å². The molecule has 0 aliphatic carbocycles. The molecule has 0 bridgehead atoms. The van der Waals surface area contributed by atoms with E-state index in [1.807, 2.05) is 20.8 Å². The van der Waals surface area contributed by atoms with Gasteiger partial charge in [0.2, 0.25) is 11.8 Å². The Labute approximate surface area is 133 Å². The number of carbonyl (C=O) groups is 3.